The van der Waals surface area contributed by atoms with E-state index in [2.05, 4.69) is 4.98 Å². The number of carbonyl (C=O) groups excluding carboxylic acids is 2. The van der Waals surface area contributed by atoms with Crippen LogP contribution in [0.1, 0.15) is 11.7 Å². The first kappa shape index (κ1) is 14.6. The van der Waals surface area contributed by atoms with Crippen LogP contribution >= 0.6 is 0 Å². The SMILES string of the molecule is CN1C(=O)C(C(N)c2cc3ccccc3[nH]2)C(O)N(C)C1=O. The van der Waals surface area contributed by atoms with Crippen molar-refractivity contribution in [3.05, 3.63) is 36.0 Å². The zero-order valence-corrected chi connectivity index (χ0v) is 12.4. The quantitative estimate of drug-likeness (QED) is 0.757. The number of carbonyl (C=O) groups is 2. The summed E-state index contributed by atoms with van der Waals surface area (Å²) in [5.41, 5.74) is 7.76. The second-order valence-electron chi connectivity index (χ2n) is 5.57. The minimum Gasteiger partial charge on any atom is -0.373 e. The summed E-state index contributed by atoms with van der Waals surface area (Å²) >= 11 is 0. The van der Waals surface area contributed by atoms with Gasteiger partial charge in [-0.1, -0.05) is 18.2 Å². The first-order valence-electron chi connectivity index (χ1n) is 6.97. The summed E-state index contributed by atoms with van der Waals surface area (Å²) in [5, 5.41) is 11.2. The standard InChI is InChI=1S/C15H18N4O3/c1-18-13(20)11(14(21)19(2)15(18)22)12(16)10-7-8-5-3-4-6-9(8)17-10/h3-7,11-13,17,20H,16H2,1-2H3. The van der Waals surface area contributed by atoms with Gasteiger partial charge in [0.15, 0.2) is 0 Å². The Hall–Kier alpha value is -2.38. The van der Waals surface area contributed by atoms with Crippen molar-refractivity contribution in [1.29, 1.82) is 0 Å². The highest BCUT2D eigenvalue weighted by molar-refractivity contribution is 5.98. The average Bonchev–Trinajstić information content (AvgIpc) is 2.95. The lowest BCUT2D eigenvalue weighted by Gasteiger charge is -2.40. The Balaban J connectivity index is 1.97. The molecule has 7 heteroatoms. The highest BCUT2D eigenvalue weighted by Gasteiger charge is 2.46. The number of nitrogens with one attached hydrogen (secondary N) is 1. The fraction of sp³-hybridized carbons (Fsp3) is 0.333. The predicted octanol–water partition coefficient (Wildman–Crippen LogP) is 0.626. The smallest absolute Gasteiger partial charge is 0.328 e. The van der Waals surface area contributed by atoms with E-state index in [1.54, 1.807) is 0 Å². The van der Waals surface area contributed by atoms with E-state index in [4.69, 9.17) is 5.73 Å². The van der Waals surface area contributed by atoms with E-state index < -0.39 is 30.1 Å². The number of amides is 3. The Morgan fingerprint density at radius 1 is 1.27 bits per heavy atom. The molecule has 4 N–H and O–H groups in total. The van der Waals surface area contributed by atoms with Gasteiger partial charge >= 0.3 is 6.03 Å². The van der Waals surface area contributed by atoms with Crippen molar-refractivity contribution < 1.29 is 14.7 Å². The highest BCUT2D eigenvalue weighted by Crippen LogP contribution is 2.30. The molecule has 22 heavy (non-hydrogen) atoms. The van der Waals surface area contributed by atoms with Crippen LogP contribution in [0, 0.1) is 5.92 Å². The van der Waals surface area contributed by atoms with Gasteiger partial charge in [0.1, 0.15) is 12.1 Å². The third-order valence-electron chi connectivity index (χ3n) is 4.22. The lowest BCUT2D eigenvalue weighted by atomic mass is 9.92. The van der Waals surface area contributed by atoms with Crippen LogP contribution in [0.4, 0.5) is 4.79 Å². The van der Waals surface area contributed by atoms with Gasteiger partial charge in [-0.2, -0.15) is 0 Å². The zero-order valence-electron chi connectivity index (χ0n) is 12.4. The average molecular weight is 302 g/mol. The third kappa shape index (κ3) is 2.06. The van der Waals surface area contributed by atoms with Gasteiger partial charge in [0.05, 0.1) is 6.04 Å². The fourth-order valence-corrected chi connectivity index (χ4v) is 2.84. The number of H-pyrrole nitrogens is 1. The molecule has 0 bridgehead atoms. The van der Waals surface area contributed by atoms with Gasteiger partial charge < -0.3 is 20.7 Å². The van der Waals surface area contributed by atoms with Crippen LogP contribution in [0.15, 0.2) is 30.3 Å². The molecule has 3 amide bonds. The second-order valence-corrected chi connectivity index (χ2v) is 5.57. The van der Waals surface area contributed by atoms with E-state index >= 15 is 0 Å². The maximum Gasteiger partial charge on any atom is 0.328 e. The summed E-state index contributed by atoms with van der Waals surface area (Å²) in [5.74, 6) is -1.40. The molecule has 1 aromatic heterocycles. The van der Waals surface area contributed by atoms with Crippen molar-refractivity contribution >= 4 is 22.8 Å². The Kier molecular flexibility index (Phi) is 3.38. The van der Waals surface area contributed by atoms with Gasteiger partial charge in [-0.3, -0.25) is 9.69 Å². The number of fused-ring (bicyclic) bond motifs is 1. The molecular weight excluding hydrogens is 284 g/mol. The zero-order chi connectivity index (χ0) is 16.0. The summed E-state index contributed by atoms with van der Waals surface area (Å²) in [6.45, 7) is 0. The van der Waals surface area contributed by atoms with Crippen LogP contribution in [-0.2, 0) is 4.79 Å². The number of imide groups is 1. The molecular formula is C15H18N4O3. The molecule has 1 fully saturated rings. The molecule has 0 aliphatic carbocycles. The number of hydrogen-bond acceptors (Lipinski definition) is 4. The lowest BCUT2D eigenvalue weighted by molar-refractivity contribution is -0.147. The number of benzene rings is 1. The highest BCUT2D eigenvalue weighted by atomic mass is 16.3. The van der Waals surface area contributed by atoms with Gasteiger partial charge in [0.2, 0.25) is 5.91 Å². The number of aromatic nitrogens is 1. The number of aromatic amines is 1. The Labute approximate surface area is 127 Å². The first-order valence-corrected chi connectivity index (χ1v) is 6.97. The normalized spacial score (nSPS) is 24.2. The minimum atomic E-state index is -1.25. The maximum absolute atomic E-state index is 12.3. The molecule has 1 saturated heterocycles. The van der Waals surface area contributed by atoms with Crippen LogP contribution < -0.4 is 5.73 Å². The molecule has 1 aromatic carbocycles. The largest absolute Gasteiger partial charge is 0.373 e. The van der Waals surface area contributed by atoms with Crippen LogP contribution in [-0.4, -0.2) is 52.2 Å². The van der Waals surface area contributed by atoms with Crippen LogP contribution in [0.5, 0.6) is 0 Å². The molecule has 1 aliphatic rings. The number of aliphatic hydroxyl groups excluding tert-OH is 1. The maximum atomic E-state index is 12.3. The van der Waals surface area contributed by atoms with Crippen LogP contribution in [0.25, 0.3) is 10.9 Å². The summed E-state index contributed by atoms with van der Waals surface area (Å²) in [4.78, 5) is 29.4. The summed E-state index contributed by atoms with van der Waals surface area (Å²) < 4.78 is 0. The lowest BCUT2D eigenvalue weighted by Crippen LogP contribution is -2.61. The number of hydrogen-bond donors (Lipinski definition) is 3. The van der Waals surface area contributed by atoms with E-state index in [0.29, 0.717) is 5.69 Å². The summed E-state index contributed by atoms with van der Waals surface area (Å²) in [6.07, 6.45) is -1.25. The summed E-state index contributed by atoms with van der Waals surface area (Å²) in [6, 6.07) is 8.22. The molecule has 3 rings (SSSR count). The molecule has 2 aromatic rings. The van der Waals surface area contributed by atoms with Crippen LogP contribution in [0.2, 0.25) is 0 Å². The van der Waals surface area contributed by atoms with Gasteiger partial charge in [-0.15, -0.1) is 0 Å². The summed E-state index contributed by atoms with van der Waals surface area (Å²) in [7, 11) is 2.83. The topological polar surface area (TPSA) is 103 Å². The Morgan fingerprint density at radius 3 is 2.64 bits per heavy atom. The molecule has 0 saturated carbocycles. The van der Waals surface area contributed by atoms with E-state index in [1.807, 2.05) is 30.3 Å². The number of nitrogens with two attached hydrogens (primary N) is 1. The molecule has 0 spiro atoms. The Bertz CT molecular complexity index is 708. The van der Waals surface area contributed by atoms with Gasteiger partial charge in [0.25, 0.3) is 0 Å². The minimum absolute atomic E-state index is 0.484. The van der Waals surface area contributed by atoms with Gasteiger partial charge in [-0.05, 0) is 17.5 Å². The first-order chi connectivity index (χ1) is 10.4. The van der Waals surface area contributed by atoms with Crippen LogP contribution in [0.3, 0.4) is 0 Å². The molecule has 116 valence electrons. The second kappa shape index (κ2) is 5.11. The van der Waals surface area contributed by atoms with Gasteiger partial charge in [-0.25, -0.2) is 4.79 Å². The monoisotopic (exact) mass is 302 g/mol. The fourth-order valence-electron chi connectivity index (χ4n) is 2.84. The molecule has 1 aliphatic heterocycles. The predicted molar refractivity (Wildman–Crippen MR) is 80.7 cm³/mol. The van der Waals surface area contributed by atoms with Crippen molar-refractivity contribution in [2.45, 2.75) is 12.3 Å². The van der Waals surface area contributed by atoms with Crippen molar-refractivity contribution in [2.75, 3.05) is 14.1 Å². The van der Waals surface area contributed by atoms with Gasteiger partial charge in [0, 0.05) is 25.3 Å². The van der Waals surface area contributed by atoms with Crippen molar-refractivity contribution in [1.82, 2.24) is 14.8 Å². The van der Waals surface area contributed by atoms with Crippen molar-refractivity contribution in [2.24, 2.45) is 11.7 Å². The number of para-hydroxylation sites is 1. The van der Waals surface area contributed by atoms with Crippen molar-refractivity contribution in [3.8, 4) is 0 Å². The number of aliphatic hydroxyl groups is 1. The van der Waals surface area contributed by atoms with E-state index in [1.165, 1.54) is 14.1 Å². The molecule has 3 unspecified atom stereocenters. The molecule has 3 atom stereocenters. The molecule has 2 heterocycles. The van der Waals surface area contributed by atoms with Crippen molar-refractivity contribution in [3.63, 3.8) is 0 Å². The molecule has 0 radical (unpaired) electrons. The molecule has 7 nitrogen and oxygen atoms in total. The Morgan fingerprint density at radius 2 is 1.95 bits per heavy atom. The van der Waals surface area contributed by atoms with E-state index in [-0.39, 0.29) is 0 Å². The van der Waals surface area contributed by atoms with E-state index in [0.717, 1.165) is 20.7 Å². The number of nitrogens with zero attached hydrogens (tertiary/aromatic N) is 2. The number of rotatable bonds is 2. The number of urea groups is 1. The van der Waals surface area contributed by atoms with E-state index in [9.17, 15) is 14.7 Å². The third-order valence-corrected chi connectivity index (χ3v) is 4.22.